The van der Waals surface area contributed by atoms with Crippen molar-refractivity contribution in [3.8, 4) is 11.3 Å². The number of aromatic amines is 1. The summed E-state index contributed by atoms with van der Waals surface area (Å²) >= 11 is 3.51. The average molecular weight is 293 g/mol. The molecule has 88 valence electrons. The highest BCUT2D eigenvalue weighted by atomic mass is 79.9. The van der Waals surface area contributed by atoms with Crippen molar-refractivity contribution in [3.63, 3.8) is 0 Å². The minimum Gasteiger partial charge on any atom is -0.339 e. The third-order valence-corrected chi connectivity index (χ3v) is 3.26. The molecular formula is C13H13BrN2O. The number of halogens is 1. The molecule has 0 bridgehead atoms. The molecule has 0 saturated heterocycles. The largest absolute Gasteiger partial charge is 0.339 e. The van der Waals surface area contributed by atoms with Crippen LogP contribution in [0.15, 0.2) is 28.7 Å². The van der Waals surface area contributed by atoms with E-state index in [1.807, 2.05) is 24.3 Å². The van der Waals surface area contributed by atoms with Gasteiger partial charge in [-0.1, -0.05) is 48.0 Å². The standard InChI is InChI=1S/C13H13BrN2O/c1-8(2)12-13(16-11(7-17)15-12)9-5-3-4-6-10(9)14/h3-8H,1-2H3,(H,15,16). The molecule has 1 aromatic heterocycles. The predicted octanol–water partition coefficient (Wildman–Crippen LogP) is 3.78. The van der Waals surface area contributed by atoms with Crippen molar-refractivity contribution in [1.29, 1.82) is 0 Å². The van der Waals surface area contributed by atoms with E-state index < -0.39 is 0 Å². The van der Waals surface area contributed by atoms with Gasteiger partial charge in [-0.3, -0.25) is 4.79 Å². The molecule has 0 aliphatic carbocycles. The summed E-state index contributed by atoms with van der Waals surface area (Å²) in [7, 11) is 0. The first kappa shape index (κ1) is 12.0. The number of imidazole rings is 1. The summed E-state index contributed by atoms with van der Waals surface area (Å²) in [5, 5.41) is 0. The van der Waals surface area contributed by atoms with Gasteiger partial charge < -0.3 is 4.98 Å². The van der Waals surface area contributed by atoms with Gasteiger partial charge >= 0.3 is 0 Å². The summed E-state index contributed by atoms with van der Waals surface area (Å²) in [6.07, 6.45) is 0.742. The minimum absolute atomic E-state index is 0.290. The lowest BCUT2D eigenvalue weighted by molar-refractivity contribution is 0.111. The van der Waals surface area contributed by atoms with E-state index in [1.165, 1.54) is 0 Å². The fourth-order valence-corrected chi connectivity index (χ4v) is 2.21. The smallest absolute Gasteiger partial charge is 0.185 e. The summed E-state index contributed by atoms with van der Waals surface area (Å²) in [6.45, 7) is 4.14. The molecule has 0 aliphatic rings. The van der Waals surface area contributed by atoms with Gasteiger partial charge in [0.25, 0.3) is 0 Å². The van der Waals surface area contributed by atoms with Crippen LogP contribution < -0.4 is 0 Å². The highest BCUT2D eigenvalue weighted by Gasteiger charge is 2.16. The second-order valence-electron chi connectivity index (χ2n) is 4.14. The van der Waals surface area contributed by atoms with E-state index in [1.54, 1.807) is 0 Å². The quantitative estimate of drug-likeness (QED) is 0.875. The molecular weight excluding hydrogens is 280 g/mol. The number of hydrogen-bond acceptors (Lipinski definition) is 2. The molecule has 0 fully saturated rings. The Morgan fingerprint density at radius 3 is 2.65 bits per heavy atom. The second-order valence-corrected chi connectivity index (χ2v) is 4.99. The van der Waals surface area contributed by atoms with Gasteiger partial charge in [0.2, 0.25) is 0 Å². The number of aromatic nitrogens is 2. The highest BCUT2D eigenvalue weighted by molar-refractivity contribution is 9.10. The van der Waals surface area contributed by atoms with Crippen LogP contribution in [-0.4, -0.2) is 16.3 Å². The van der Waals surface area contributed by atoms with E-state index in [4.69, 9.17) is 0 Å². The first-order valence-corrected chi connectivity index (χ1v) is 6.22. The summed E-state index contributed by atoms with van der Waals surface area (Å²) in [6, 6.07) is 7.87. The van der Waals surface area contributed by atoms with E-state index in [0.29, 0.717) is 11.7 Å². The molecule has 0 radical (unpaired) electrons. The van der Waals surface area contributed by atoms with Crippen LogP contribution in [0.4, 0.5) is 0 Å². The van der Waals surface area contributed by atoms with Crippen LogP contribution in [0.3, 0.4) is 0 Å². The molecule has 0 unspecified atom stereocenters. The average Bonchev–Trinajstić information content (AvgIpc) is 2.73. The Morgan fingerprint density at radius 2 is 2.06 bits per heavy atom. The second kappa shape index (κ2) is 4.84. The molecule has 1 aromatic carbocycles. The molecule has 0 aliphatic heterocycles. The van der Waals surface area contributed by atoms with Gasteiger partial charge in [0, 0.05) is 15.7 Å². The lowest BCUT2D eigenvalue weighted by Gasteiger charge is -2.07. The first-order valence-electron chi connectivity index (χ1n) is 5.43. The molecule has 0 atom stereocenters. The Labute approximate surface area is 108 Å². The normalized spacial score (nSPS) is 10.8. The number of benzene rings is 1. The zero-order chi connectivity index (χ0) is 12.4. The van der Waals surface area contributed by atoms with Crippen molar-refractivity contribution in [2.45, 2.75) is 19.8 Å². The molecule has 4 heteroatoms. The van der Waals surface area contributed by atoms with Gasteiger partial charge in [-0.15, -0.1) is 0 Å². The maximum absolute atomic E-state index is 10.8. The molecule has 2 aromatic rings. The third-order valence-electron chi connectivity index (χ3n) is 2.57. The molecule has 0 saturated carbocycles. The number of carbonyl (C=O) groups is 1. The van der Waals surface area contributed by atoms with Crippen molar-refractivity contribution >= 4 is 22.2 Å². The maximum atomic E-state index is 10.8. The number of carbonyl (C=O) groups excluding carboxylic acids is 1. The number of H-pyrrole nitrogens is 1. The maximum Gasteiger partial charge on any atom is 0.185 e. The number of rotatable bonds is 3. The van der Waals surface area contributed by atoms with Crippen molar-refractivity contribution in [3.05, 3.63) is 40.3 Å². The molecule has 3 nitrogen and oxygen atoms in total. The number of hydrogen-bond donors (Lipinski definition) is 1. The lowest BCUT2D eigenvalue weighted by atomic mass is 10.0. The Hall–Kier alpha value is -1.42. The minimum atomic E-state index is 0.290. The van der Waals surface area contributed by atoms with Crippen LogP contribution in [0.25, 0.3) is 11.3 Å². The van der Waals surface area contributed by atoms with E-state index >= 15 is 0 Å². The van der Waals surface area contributed by atoms with E-state index in [2.05, 4.69) is 39.7 Å². The van der Waals surface area contributed by atoms with Gasteiger partial charge in [-0.2, -0.15) is 0 Å². The van der Waals surface area contributed by atoms with Gasteiger partial charge in [-0.05, 0) is 12.0 Å². The van der Waals surface area contributed by atoms with Crippen molar-refractivity contribution < 1.29 is 4.79 Å². The van der Waals surface area contributed by atoms with Crippen LogP contribution in [0.1, 0.15) is 36.1 Å². The number of nitrogens with one attached hydrogen (secondary N) is 1. The Balaban J connectivity index is 2.62. The van der Waals surface area contributed by atoms with Crippen LogP contribution in [0.2, 0.25) is 0 Å². The SMILES string of the molecule is CC(C)c1[nH]c(C=O)nc1-c1ccccc1Br. The number of aldehydes is 1. The van der Waals surface area contributed by atoms with E-state index in [-0.39, 0.29) is 0 Å². The van der Waals surface area contributed by atoms with Crippen LogP contribution in [0.5, 0.6) is 0 Å². The van der Waals surface area contributed by atoms with Gasteiger partial charge in [0.15, 0.2) is 12.1 Å². The fourth-order valence-electron chi connectivity index (χ4n) is 1.74. The van der Waals surface area contributed by atoms with Gasteiger partial charge in [0.05, 0.1) is 5.69 Å². The molecule has 1 N–H and O–H groups in total. The molecule has 2 rings (SSSR count). The molecule has 0 amide bonds. The van der Waals surface area contributed by atoms with Gasteiger partial charge in [-0.25, -0.2) is 4.98 Å². The summed E-state index contributed by atoms with van der Waals surface area (Å²) < 4.78 is 0.978. The first-order chi connectivity index (χ1) is 8.13. The Morgan fingerprint density at radius 1 is 1.35 bits per heavy atom. The Bertz CT molecular complexity index is 546. The number of nitrogens with zero attached hydrogens (tertiary/aromatic N) is 1. The summed E-state index contributed by atoms with van der Waals surface area (Å²) in [5.41, 5.74) is 2.83. The van der Waals surface area contributed by atoms with Crippen LogP contribution in [0, 0.1) is 0 Å². The van der Waals surface area contributed by atoms with E-state index in [0.717, 1.165) is 27.7 Å². The molecule has 0 spiro atoms. The van der Waals surface area contributed by atoms with Crippen LogP contribution >= 0.6 is 15.9 Å². The summed E-state index contributed by atoms with van der Waals surface area (Å²) in [5.74, 6) is 0.665. The van der Waals surface area contributed by atoms with Gasteiger partial charge in [0.1, 0.15) is 0 Å². The van der Waals surface area contributed by atoms with Crippen LogP contribution in [-0.2, 0) is 0 Å². The van der Waals surface area contributed by atoms with E-state index in [9.17, 15) is 4.79 Å². The predicted molar refractivity (Wildman–Crippen MR) is 71.2 cm³/mol. The topological polar surface area (TPSA) is 45.8 Å². The zero-order valence-corrected chi connectivity index (χ0v) is 11.3. The lowest BCUT2D eigenvalue weighted by Crippen LogP contribution is -1.92. The Kier molecular flexibility index (Phi) is 3.43. The third kappa shape index (κ3) is 2.31. The zero-order valence-electron chi connectivity index (χ0n) is 9.70. The highest BCUT2D eigenvalue weighted by Crippen LogP contribution is 2.32. The fraction of sp³-hybridized carbons (Fsp3) is 0.231. The van der Waals surface area contributed by atoms with Crippen molar-refractivity contribution in [1.82, 2.24) is 9.97 Å². The van der Waals surface area contributed by atoms with Crippen molar-refractivity contribution in [2.75, 3.05) is 0 Å². The van der Waals surface area contributed by atoms with Crippen molar-refractivity contribution in [2.24, 2.45) is 0 Å². The monoisotopic (exact) mass is 292 g/mol. The molecule has 1 heterocycles. The molecule has 17 heavy (non-hydrogen) atoms. The summed E-state index contributed by atoms with van der Waals surface area (Å²) in [4.78, 5) is 18.2.